The van der Waals surface area contributed by atoms with Crippen LogP contribution in [0.4, 0.5) is 0 Å². The average molecular weight is 314 g/mol. The monoisotopic (exact) mass is 314 g/mol. The highest BCUT2D eigenvalue weighted by molar-refractivity contribution is 6.06. The molecular formula is C19H26N2O2. The van der Waals surface area contributed by atoms with Crippen LogP contribution in [0, 0.1) is 5.92 Å². The Kier molecular flexibility index (Phi) is 4.71. The van der Waals surface area contributed by atoms with E-state index in [4.69, 9.17) is 4.74 Å². The van der Waals surface area contributed by atoms with E-state index in [-0.39, 0.29) is 5.91 Å². The van der Waals surface area contributed by atoms with E-state index in [1.165, 1.54) is 23.1 Å². The molecule has 4 heteroatoms. The zero-order valence-electron chi connectivity index (χ0n) is 14.3. The molecule has 0 aliphatic heterocycles. The van der Waals surface area contributed by atoms with Crippen LogP contribution in [0.25, 0.3) is 10.9 Å². The molecule has 0 radical (unpaired) electrons. The number of aryl methyl sites for hydroxylation is 1. The standard InChI is InChI=1S/C19H26N2O2/c1-13-8-9-17-16(12-13)14-6-4-7-15(18(14)20-17)19(22)21(2)10-5-11-23-3/h4,6-7,13,20H,5,8-12H2,1-3H3. The molecule has 23 heavy (non-hydrogen) atoms. The average Bonchev–Trinajstić information content (AvgIpc) is 2.92. The molecule has 0 spiro atoms. The molecule has 124 valence electrons. The molecule has 1 aromatic carbocycles. The third-order valence-corrected chi connectivity index (χ3v) is 4.89. The van der Waals surface area contributed by atoms with Crippen molar-refractivity contribution in [3.8, 4) is 0 Å². The summed E-state index contributed by atoms with van der Waals surface area (Å²) in [7, 11) is 3.55. The molecular weight excluding hydrogens is 288 g/mol. The van der Waals surface area contributed by atoms with Crippen molar-refractivity contribution in [1.29, 1.82) is 0 Å². The summed E-state index contributed by atoms with van der Waals surface area (Å²) in [6.45, 7) is 3.69. The third kappa shape index (κ3) is 3.13. The molecule has 1 atom stereocenters. The molecule has 0 saturated heterocycles. The summed E-state index contributed by atoms with van der Waals surface area (Å²) in [6.07, 6.45) is 4.27. The number of carbonyl (C=O) groups is 1. The summed E-state index contributed by atoms with van der Waals surface area (Å²) in [5, 5.41) is 1.22. The Morgan fingerprint density at radius 3 is 3.04 bits per heavy atom. The predicted molar refractivity (Wildman–Crippen MR) is 92.9 cm³/mol. The van der Waals surface area contributed by atoms with E-state index < -0.39 is 0 Å². The molecule has 1 unspecified atom stereocenters. The second-order valence-corrected chi connectivity index (χ2v) is 6.73. The lowest BCUT2D eigenvalue weighted by atomic mass is 9.87. The Hall–Kier alpha value is -1.81. The fourth-order valence-corrected chi connectivity index (χ4v) is 3.55. The lowest BCUT2D eigenvalue weighted by Gasteiger charge is -2.18. The number of ether oxygens (including phenoxy) is 1. The summed E-state index contributed by atoms with van der Waals surface area (Å²) in [5.74, 6) is 0.802. The number of hydrogen-bond donors (Lipinski definition) is 1. The number of para-hydroxylation sites is 1. The highest BCUT2D eigenvalue weighted by atomic mass is 16.5. The van der Waals surface area contributed by atoms with Crippen LogP contribution < -0.4 is 0 Å². The van der Waals surface area contributed by atoms with E-state index in [0.29, 0.717) is 13.2 Å². The van der Waals surface area contributed by atoms with Crippen LogP contribution in [-0.2, 0) is 17.6 Å². The van der Waals surface area contributed by atoms with E-state index in [2.05, 4.69) is 18.0 Å². The summed E-state index contributed by atoms with van der Waals surface area (Å²) in [6, 6.07) is 6.08. The van der Waals surface area contributed by atoms with Gasteiger partial charge in [-0.05, 0) is 43.2 Å². The summed E-state index contributed by atoms with van der Waals surface area (Å²) < 4.78 is 5.07. The lowest BCUT2D eigenvalue weighted by Crippen LogP contribution is -2.28. The minimum absolute atomic E-state index is 0.0818. The normalized spacial score (nSPS) is 17.3. The van der Waals surface area contributed by atoms with Crippen LogP contribution in [0.5, 0.6) is 0 Å². The van der Waals surface area contributed by atoms with E-state index in [1.54, 1.807) is 12.0 Å². The summed E-state index contributed by atoms with van der Waals surface area (Å²) in [4.78, 5) is 18.1. The largest absolute Gasteiger partial charge is 0.385 e. The predicted octanol–water partition coefficient (Wildman–Crippen LogP) is 3.40. The number of aromatic nitrogens is 1. The molecule has 0 saturated carbocycles. The topological polar surface area (TPSA) is 45.3 Å². The van der Waals surface area contributed by atoms with Crippen molar-refractivity contribution in [2.24, 2.45) is 5.92 Å². The van der Waals surface area contributed by atoms with Crippen LogP contribution in [0.2, 0.25) is 0 Å². The quantitative estimate of drug-likeness (QED) is 0.860. The van der Waals surface area contributed by atoms with Crippen LogP contribution in [0.15, 0.2) is 18.2 Å². The smallest absolute Gasteiger partial charge is 0.255 e. The fourth-order valence-electron chi connectivity index (χ4n) is 3.55. The maximum Gasteiger partial charge on any atom is 0.255 e. The second kappa shape index (κ2) is 6.75. The van der Waals surface area contributed by atoms with Gasteiger partial charge in [-0.2, -0.15) is 0 Å². The van der Waals surface area contributed by atoms with Crippen LogP contribution in [0.1, 0.15) is 41.4 Å². The number of aromatic amines is 1. The van der Waals surface area contributed by atoms with Gasteiger partial charge in [-0.25, -0.2) is 0 Å². The molecule has 0 fully saturated rings. The highest BCUT2D eigenvalue weighted by Gasteiger charge is 2.23. The minimum atomic E-state index is 0.0818. The highest BCUT2D eigenvalue weighted by Crippen LogP contribution is 2.33. The van der Waals surface area contributed by atoms with Gasteiger partial charge in [0, 0.05) is 38.4 Å². The van der Waals surface area contributed by atoms with Crippen molar-refractivity contribution in [2.45, 2.75) is 32.6 Å². The zero-order valence-corrected chi connectivity index (χ0v) is 14.3. The number of methoxy groups -OCH3 is 1. The fraction of sp³-hybridized carbons (Fsp3) is 0.526. The van der Waals surface area contributed by atoms with E-state index in [1.807, 2.05) is 19.2 Å². The van der Waals surface area contributed by atoms with Gasteiger partial charge < -0.3 is 14.6 Å². The molecule has 4 nitrogen and oxygen atoms in total. The van der Waals surface area contributed by atoms with E-state index in [0.717, 1.165) is 36.3 Å². The first kappa shape index (κ1) is 16.1. The Labute approximate surface area is 137 Å². The van der Waals surface area contributed by atoms with Crippen molar-refractivity contribution >= 4 is 16.8 Å². The Morgan fingerprint density at radius 2 is 2.26 bits per heavy atom. The molecule has 2 aromatic rings. The van der Waals surface area contributed by atoms with Gasteiger partial charge in [-0.15, -0.1) is 0 Å². The minimum Gasteiger partial charge on any atom is -0.385 e. The van der Waals surface area contributed by atoms with Crippen molar-refractivity contribution in [2.75, 3.05) is 27.3 Å². The van der Waals surface area contributed by atoms with Gasteiger partial charge in [0.25, 0.3) is 5.91 Å². The molecule has 1 aromatic heterocycles. The molecule has 1 amide bonds. The molecule has 3 rings (SSSR count). The molecule has 1 heterocycles. The number of hydrogen-bond acceptors (Lipinski definition) is 2. The summed E-state index contributed by atoms with van der Waals surface area (Å²) >= 11 is 0. The number of nitrogens with zero attached hydrogens (tertiary/aromatic N) is 1. The van der Waals surface area contributed by atoms with Gasteiger partial charge in [0.15, 0.2) is 0 Å². The van der Waals surface area contributed by atoms with Gasteiger partial charge in [0.1, 0.15) is 0 Å². The maximum absolute atomic E-state index is 12.8. The second-order valence-electron chi connectivity index (χ2n) is 6.73. The Morgan fingerprint density at radius 1 is 1.43 bits per heavy atom. The number of amides is 1. The van der Waals surface area contributed by atoms with E-state index >= 15 is 0 Å². The van der Waals surface area contributed by atoms with Crippen molar-refractivity contribution in [3.63, 3.8) is 0 Å². The van der Waals surface area contributed by atoms with Crippen LogP contribution in [-0.4, -0.2) is 43.1 Å². The van der Waals surface area contributed by atoms with Crippen molar-refractivity contribution in [1.82, 2.24) is 9.88 Å². The zero-order chi connectivity index (χ0) is 16.4. The van der Waals surface area contributed by atoms with Gasteiger partial charge in [0.2, 0.25) is 0 Å². The molecule has 1 N–H and O–H groups in total. The van der Waals surface area contributed by atoms with Crippen molar-refractivity contribution < 1.29 is 9.53 Å². The van der Waals surface area contributed by atoms with Gasteiger partial charge in [0.05, 0.1) is 11.1 Å². The first-order valence-corrected chi connectivity index (χ1v) is 8.48. The van der Waals surface area contributed by atoms with Gasteiger partial charge in [-0.1, -0.05) is 19.1 Å². The first-order chi connectivity index (χ1) is 11.1. The molecule has 1 aliphatic rings. The van der Waals surface area contributed by atoms with Crippen LogP contribution in [0.3, 0.4) is 0 Å². The number of nitrogens with one attached hydrogen (secondary N) is 1. The number of rotatable bonds is 5. The third-order valence-electron chi connectivity index (χ3n) is 4.89. The van der Waals surface area contributed by atoms with E-state index in [9.17, 15) is 4.79 Å². The molecule has 1 aliphatic carbocycles. The first-order valence-electron chi connectivity index (χ1n) is 8.48. The van der Waals surface area contributed by atoms with Crippen LogP contribution >= 0.6 is 0 Å². The summed E-state index contributed by atoms with van der Waals surface area (Å²) in [5.41, 5.74) is 4.52. The number of carbonyl (C=O) groups excluding carboxylic acids is 1. The SMILES string of the molecule is COCCCN(C)C(=O)c1cccc2c3c([nH]c12)CCC(C)C3. The number of fused-ring (bicyclic) bond motifs is 3. The Balaban J connectivity index is 1.91. The van der Waals surface area contributed by atoms with Gasteiger partial charge in [-0.3, -0.25) is 4.79 Å². The van der Waals surface area contributed by atoms with Gasteiger partial charge >= 0.3 is 0 Å². The molecule has 0 bridgehead atoms. The number of benzene rings is 1. The Bertz CT molecular complexity index is 705. The number of H-pyrrole nitrogens is 1. The van der Waals surface area contributed by atoms with Crippen molar-refractivity contribution in [3.05, 3.63) is 35.0 Å². The maximum atomic E-state index is 12.8. The lowest BCUT2D eigenvalue weighted by molar-refractivity contribution is 0.0781.